The van der Waals surface area contributed by atoms with Gasteiger partial charge in [-0.2, -0.15) is 5.10 Å². The van der Waals surface area contributed by atoms with Gasteiger partial charge in [0.1, 0.15) is 11.6 Å². The molecule has 1 fully saturated rings. The summed E-state index contributed by atoms with van der Waals surface area (Å²) in [6.07, 6.45) is 9.65. The average molecular weight is 456 g/mol. The van der Waals surface area contributed by atoms with Crippen LogP contribution in [0.25, 0.3) is 22.0 Å². The Hall–Kier alpha value is -3.65. The van der Waals surface area contributed by atoms with Crippen LogP contribution >= 0.6 is 0 Å². The van der Waals surface area contributed by atoms with E-state index in [1.54, 1.807) is 23.1 Å². The summed E-state index contributed by atoms with van der Waals surface area (Å²) in [5.41, 5.74) is 3.53. The molecule has 0 bridgehead atoms. The van der Waals surface area contributed by atoms with Crippen molar-refractivity contribution in [2.24, 2.45) is 7.05 Å². The van der Waals surface area contributed by atoms with E-state index in [2.05, 4.69) is 43.9 Å². The van der Waals surface area contributed by atoms with Crippen molar-refractivity contribution in [2.75, 3.05) is 32.1 Å². The number of hydrogen-bond acceptors (Lipinski definition) is 7. The van der Waals surface area contributed by atoms with Gasteiger partial charge in [-0.3, -0.25) is 9.48 Å². The number of anilines is 1. The number of rotatable bonds is 6. The van der Waals surface area contributed by atoms with E-state index < -0.39 is 0 Å². The number of aryl methyl sites for hydroxylation is 1. The summed E-state index contributed by atoms with van der Waals surface area (Å²) in [7, 11) is 6.16. The van der Waals surface area contributed by atoms with Crippen molar-refractivity contribution < 1.29 is 4.79 Å². The molecule has 0 saturated carbocycles. The van der Waals surface area contributed by atoms with Crippen LogP contribution in [0.2, 0.25) is 0 Å². The van der Waals surface area contributed by atoms with Gasteiger partial charge in [0.25, 0.3) is 0 Å². The molecule has 1 saturated heterocycles. The monoisotopic (exact) mass is 455 g/mol. The first kappa shape index (κ1) is 22.2. The van der Waals surface area contributed by atoms with Crippen LogP contribution < -0.4 is 4.90 Å². The maximum absolute atomic E-state index is 13.1. The van der Waals surface area contributed by atoms with Gasteiger partial charge in [0.2, 0.25) is 0 Å². The van der Waals surface area contributed by atoms with Gasteiger partial charge >= 0.3 is 0 Å². The molecule has 4 aromatic rings. The van der Waals surface area contributed by atoms with Crippen LogP contribution in [0, 0.1) is 0 Å². The topological polar surface area (TPSA) is 80.0 Å². The number of aromatic nitrogens is 5. The number of pyridine rings is 1. The van der Waals surface area contributed by atoms with Crippen molar-refractivity contribution in [1.29, 1.82) is 0 Å². The fraction of sp³-hybridized carbons (Fsp3) is 0.346. The van der Waals surface area contributed by atoms with Gasteiger partial charge in [-0.1, -0.05) is 12.1 Å². The van der Waals surface area contributed by atoms with Gasteiger partial charge in [-0.05, 0) is 50.7 Å². The third-order valence-corrected chi connectivity index (χ3v) is 6.58. The predicted molar refractivity (Wildman–Crippen MR) is 133 cm³/mol. The molecule has 0 N–H and O–H groups in total. The summed E-state index contributed by atoms with van der Waals surface area (Å²) in [6.45, 7) is 1.89. The maximum atomic E-state index is 13.1. The molecular weight excluding hydrogens is 426 g/mol. The second-order valence-electron chi connectivity index (χ2n) is 9.15. The minimum atomic E-state index is -0.00501. The first-order valence-corrected chi connectivity index (χ1v) is 11.6. The minimum Gasteiger partial charge on any atom is -0.356 e. The fourth-order valence-corrected chi connectivity index (χ4v) is 4.52. The zero-order chi connectivity index (χ0) is 23.7. The molecule has 0 spiro atoms. The maximum Gasteiger partial charge on any atom is 0.170 e. The first-order valence-electron chi connectivity index (χ1n) is 11.6. The summed E-state index contributed by atoms with van der Waals surface area (Å²) in [5, 5.41) is 5.19. The first-order chi connectivity index (χ1) is 16.5. The van der Waals surface area contributed by atoms with E-state index in [4.69, 9.17) is 0 Å². The summed E-state index contributed by atoms with van der Waals surface area (Å²) in [5.74, 6) is 1.38. The van der Waals surface area contributed by atoms with Crippen molar-refractivity contribution in [3.05, 3.63) is 66.5 Å². The van der Waals surface area contributed by atoms with Gasteiger partial charge < -0.3 is 9.80 Å². The molecule has 1 aliphatic rings. The van der Waals surface area contributed by atoms with E-state index in [1.807, 2.05) is 43.7 Å². The number of nitrogens with zero attached hydrogens (tertiary/aromatic N) is 7. The SMILES string of the molecule is CN(C)C1CCN(c2cc(C(=O)Cc3ncc4ccc(-c5cnn(C)c5)cc4n3)ccn2)CC1. The molecule has 8 nitrogen and oxygen atoms in total. The number of benzene rings is 1. The second kappa shape index (κ2) is 9.30. The van der Waals surface area contributed by atoms with E-state index >= 15 is 0 Å². The quantitative estimate of drug-likeness (QED) is 0.412. The number of ketones is 1. The molecule has 0 atom stereocenters. The Labute approximate surface area is 199 Å². The summed E-state index contributed by atoms with van der Waals surface area (Å²) >= 11 is 0. The van der Waals surface area contributed by atoms with Crippen LogP contribution in [0.5, 0.6) is 0 Å². The van der Waals surface area contributed by atoms with E-state index in [0.717, 1.165) is 53.8 Å². The molecule has 5 rings (SSSR count). The lowest BCUT2D eigenvalue weighted by Gasteiger charge is -2.35. The van der Waals surface area contributed by atoms with Crippen LogP contribution in [0.15, 0.2) is 55.1 Å². The van der Waals surface area contributed by atoms with Crippen LogP contribution in [0.3, 0.4) is 0 Å². The Morgan fingerprint density at radius 2 is 1.88 bits per heavy atom. The second-order valence-corrected chi connectivity index (χ2v) is 9.15. The van der Waals surface area contributed by atoms with Crippen molar-refractivity contribution >= 4 is 22.5 Å². The zero-order valence-corrected chi connectivity index (χ0v) is 19.8. The van der Waals surface area contributed by atoms with E-state index in [1.165, 1.54) is 0 Å². The third kappa shape index (κ3) is 4.68. The Morgan fingerprint density at radius 3 is 2.62 bits per heavy atom. The van der Waals surface area contributed by atoms with Crippen molar-refractivity contribution in [2.45, 2.75) is 25.3 Å². The number of carbonyl (C=O) groups excluding carboxylic acids is 1. The van der Waals surface area contributed by atoms with Crippen LogP contribution in [-0.2, 0) is 13.5 Å². The Morgan fingerprint density at radius 1 is 1.06 bits per heavy atom. The van der Waals surface area contributed by atoms with Crippen molar-refractivity contribution in [3.63, 3.8) is 0 Å². The van der Waals surface area contributed by atoms with Gasteiger partial charge in [0, 0.05) is 61.3 Å². The molecule has 0 aliphatic carbocycles. The molecule has 34 heavy (non-hydrogen) atoms. The molecule has 3 aromatic heterocycles. The van der Waals surface area contributed by atoms with Crippen LogP contribution in [-0.4, -0.2) is 68.6 Å². The van der Waals surface area contributed by atoms with Gasteiger partial charge in [-0.15, -0.1) is 0 Å². The summed E-state index contributed by atoms with van der Waals surface area (Å²) in [6, 6.07) is 10.3. The molecule has 0 amide bonds. The number of Topliss-reactive ketones (excluding diaryl/α,β-unsaturated/α-hetero) is 1. The van der Waals surface area contributed by atoms with Gasteiger partial charge in [-0.25, -0.2) is 15.0 Å². The Balaban J connectivity index is 1.32. The van der Waals surface area contributed by atoms with Crippen molar-refractivity contribution in [1.82, 2.24) is 29.6 Å². The van der Waals surface area contributed by atoms with E-state index in [-0.39, 0.29) is 12.2 Å². The largest absolute Gasteiger partial charge is 0.356 e. The Bertz CT molecular complexity index is 1320. The van der Waals surface area contributed by atoms with Crippen molar-refractivity contribution in [3.8, 4) is 11.1 Å². The fourth-order valence-electron chi connectivity index (χ4n) is 4.52. The molecule has 1 aliphatic heterocycles. The molecular formula is C26H29N7O. The third-order valence-electron chi connectivity index (χ3n) is 6.58. The zero-order valence-electron chi connectivity index (χ0n) is 19.8. The lowest BCUT2D eigenvalue weighted by Crippen LogP contribution is -2.42. The molecule has 0 unspecified atom stereocenters. The lowest BCUT2D eigenvalue weighted by molar-refractivity contribution is 0.0991. The standard InChI is InChI=1S/C26H29N7O/c1-31(2)22-7-10-33(11-8-22)26-13-19(6-9-27-26)24(34)14-25-28-15-20-5-4-18(12-23(20)30-25)21-16-29-32(3)17-21/h4-6,9,12-13,15-17,22H,7-8,10-11,14H2,1-3H3. The van der Waals surface area contributed by atoms with Crippen LogP contribution in [0.4, 0.5) is 5.82 Å². The highest BCUT2D eigenvalue weighted by atomic mass is 16.1. The molecule has 4 heterocycles. The lowest BCUT2D eigenvalue weighted by atomic mass is 10.0. The molecule has 1 aromatic carbocycles. The highest BCUT2D eigenvalue weighted by Gasteiger charge is 2.22. The number of carbonyl (C=O) groups is 1. The van der Waals surface area contributed by atoms with Gasteiger partial charge in [0.15, 0.2) is 5.78 Å². The number of hydrogen-bond donors (Lipinski definition) is 0. The van der Waals surface area contributed by atoms with Gasteiger partial charge in [0.05, 0.1) is 18.1 Å². The molecule has 174 valence electrons. The normalized spacial score (nSPS) is 14.8. The summed E-state index contributed by atoms with van der Waals surface area (Å²) in [4.78, 5) is 31.3. The van der Waals surface area contributed by atoms with E-state index in [0.29, 0.717) is 17.4 Å². The molecule has 8 heteroatoms. The highest BCUT2D eigenvalue weighted by molar-refractivity contribution is 5.98. The smallest absolute Gasteiger partial charge is 0.170 e. The number of piperidine rings is 1. The highest BCUT2D eigenvalue weighted by Crippen LogP contribution is 2.24. The molecule has 0 radical (unpaired) electrons. The average Bonchev–Trinajstić information content (AvgIpc) is 3.30. The Kier molecular flexibility index (Phi) is 6.06. The van der Waals surface area contributed by atoms with E-state index in [9.17, 15) is 4.79 Å². The predicted octanol–water partition coefficient (Wildman–Crippen LogP) is 3.38. The van der Waals surface area contributed by atoms with Crippen LogP contribution in [0.1, 0.15) is 29.0 Å². The number of fused-ring (bicyclic) bond motifs is 1. The minimum absolute atomic E-state index is 0.00501. The summed E-state index contributed by atoms with van der Waals surface area (Å²) < 4.78 is 1.77.